The lowest BCUT2D eigenvalue weighted by Crippen LogP contribution is -2.05. The molecule has 2 aromatic rings. The summed E-state index contributed by atoms with van der Waals surface area (Å²) < 4.78 is 0. The number of nitrogens with zero attached hydrogens (tertiary/aromatic N) is 2. The quantitative estimate of drug-likeness (QED) is 0.910. The van der Waals surface area contributed by atoms with Gasteiger partial charge >= 0.3 is 0 Å². The second-order valence-corrected chi connectivity index (χ2v) is 5.04. The topological polar surface area (TPSA) is 37.8 Å². The molecule has 19 heavy (non-hydrogen) atoms. The van der Waals surface area contributed by atoms with Crippen LogP contribution in [0.2, 0.25) is 0 Å². The lowest BCUT2D eigenvalue weighted by atomic mass is 10.0. The van der Waals surface area contributed by atoms with Gasteiger partial charge in [0.15, 0.2) is 0 Å². The maximum Gasteiger partial charge on any atom is 0.148 e. The van der Waals surface area contributed by atoms with Crippen molar-refractivity contribution in [3.63, 3.8) is 0 Å². The number of nitrogens with one attached hydrogen (secondary N) is 1. The van der Waals surface area contributed by atoms with Crippen LogP contribution < -0.4 is 5.32 Å². The Labute approximate surface area is 114 Å². The third-order valence-corrected chi connectivity index (χ3v) is 3.59. The zero-order valence-corrected chi connectivity index (χ0v) is 11.3. The van der Waals surface area contributed by atoms with Gasteiger partial charge < -0.3 is 5.32 Å². The Hall–Kier alpha value is -1.90. The molecular formula is C16H19N3. The first-order valence-electron chi connectivity index (χ1n) is 7.07. The first kappa shape index (κ1) is 12.2. The summed E-state index contributed by atoms with van der Waals surface area (Å²) >= 11 is 0. The molecular weight excluding hydrogens is 234 g/mol. The Balaban J connectivity index is 2.01. The second-order valence-electron chi connectivity index (χ2n) is 5.04. The molecule has 98 valence electrons. The maximum absolute atomic E-state index is 4.46. The van der Waals surface area contributed by atoms with Gasteiger partial charge in [0, 0.05) is 12.1 Å². The highest BCUT2D eigenvalue weighted by Gasteiger charge is 2.16. The van der Waals surface area contributed by atoms with Gasteiger partial charge in [-0.05, 0) is 42.9 Å². The molecule has 0 saturated carbocycles. The molecule has 0 radical (unpaired) electrons. The molecule has 0 spiro atoms. The second kappa shape index (κ2) is 5.39. The molecule has 1 aliphatic carbocycles. The van der Waals surface area contributed by atoms with Crippen molar-refractivity contribution in [3.8, 4) is 11.3 Å². The molecule has 0 saturated heterocycles. The van der Waals surface area contributed by atoms with E-state index in [0.29, 0.717) is 0 Å². The van der Waals surface area contributed by atoms with Crippen molar-refractivity contribution in [1.82, 2.24) is 10.2 Å². The summed E-state index contributed by atoms with van der Waals surface area (Å²) in [6.07, 6.45) is 4.50. The monoisotopic (exact) mass is 253 g/mol. The van der Waals surface area contributed by atoms with E-state index in [-0.39, 0.29) is 0 Å². The smallest absolute Gasteiger partial charge is 0.148 e. The molecule has 3 heteroatoms. The summed E-state index contributed by atoms with van der Waals surface area (Å²) in [4.78, 5) is 0. The highest BCUT2D eigenvalue weighted by Crippen LogP contribution is 2.31. The van der Waals surface area contributed by atoms with Gasteiger partial charge in [0.25, 0.3) is 0 Å². The van der Waals surface area contributed by atoms with E-state index in [4.69, 9.17) is 0 Å². The lowest BCUT2D eigenvalue weighted by molar-refractivity contribution is 0.829. The molecule has 1 aromatic heterocycles. The van der Waals surface area contributed by atoms with Crippen molar-refractivity contribution in [3.05, 3.63) is 41.5 Å². The average Bonchev–Trinajstić information content (AvgIpc) is 2.64. The van der Waals surface area contributed by atoms with Crippen molar-refractivity contribution in [1.29, 1.82) is 0 Å². The number of benzene rings is 1. The number of hydrogen-bond acceptors (Lipinski definition) is 3. The molecule has 0 aliphatic heterocycles. The predicted octanol–water partition coefficient (Wildman–Crippen LogP) is 3.45. The van der Waals surface area contributed by atoms with Gasteiger partial charge in [-0.1, -0.05) is 31.2 Å². The van der Waals surface area contributed by atoms with E-state index in [2.05, 4.69) is 52.8 Å². The van der Waals surface area contributed by atoms with E-state index in [1.165, 1.54) is 23.1 Å². The Kier molecular flexibility index (Phi) is 3.45. The van der Waals surface area contributed by atoms with E-state index >= 15 is 0 Å². The average molecular weight is 253 g/mol. The van der Waals surface area contributed by atoms with E-state index in [1.54, 1.807) is 0 Å². The molecule has 3 rings (SSSR count). The summed E-state index contributed by atoms with van der Waals surface area (Å²) in [5.41, 5.74) is 5.03. The maximum atomic E-state index is 4.46. The normalized spacial score (nSPS) is 13.3. The minimum Gasteiger partial charge on any atom is -0.369 e. The number of hydrogen-bond donors (Lipinski definition) is 1. The number of rotatable bonds is 3. The Morgan fingerprint density at radius 3 is 2.84 bits per heavy atom. The van der Waals surface area contributed by atoms with Crippen LogP contribution in [0.5, 0.6) is 0 Å². The molecule has 1 N–H and O–H groups in total. The molecule has 0 atom stereocenters. The Morgan fingerprint density at radius 2 is 1.95 bits per heavy atom. The fraction of sp³-hybridized carbons (Fsp3) is 0.375. The van der Waals surface area contributed by atoms with Gasteiger partial charge in [-0.2, -0.15) is 0 Å². The van der Waals surface area contributed by atoms with Gasteiger partial charge in [0.1, 0.15) is 5.82 Å². The predicted molar refractivity (Wildman–Crippen MR) is 78.3 cm³/mol. The van der Waals surface area contributed by atoms with Gasteiger partial charge in [0.05, 0.1) is 5.69 Å². The standard InChI is InChI=1S/C16H19N3/c1-2-10-17-15-11-13-8-5-7-12-6-3-4-9-14(12)16(13)19-18-15/h3-4,6,9,11H,2,5,7-8,10H2,1H3,(H,17,18). The van der Waals surface area contributed by atoms with Crippen molar-refractivity contribution < 1.29 is 0 Å². The molecule has 3 nitrogen and oxygen atoms in total. The number of aryl methyl sites for hydroxylation is 2. The van der Waals surface area contributed by atoms with Crippen LogP contribution in [0.1, 0.15) is 30.9 Å². The van der Waals surface area contributed by atoms with Gasteiger partial charge in [-0.15, -0.1) is 10.2 Å². The van der Waals surface area contributed by atoms with E-state index in [1.807, 2.05) is 0 Å². The van der Waals surface area contributed by atoms with Crippen LogP contribution in [-0.2, 0) is 12.8 Å². The van der Waals surface area contributed by atoms with Crippen molar-refractivity contribution in [2.75, 3.05) is 11.9 Å². The Morgan fingerprint density at radius 1 is 1.11 bits per heavy atom. The largest absolute Gasteiger partial charge is 0.369 e. The molecule has 1 heterocycles. The summed E-state index contributed by atoms with van der Waals surface area (Å²) in [6, 6.07) is 10.7. The summed E-state index contributed by atoms with van der Waals surface area (Å²) in [5, 5.41) is 12.1. The third kappa shape index (κ3) is 2.46. The van der Waals surface area contributed by atoms with Crippen LogP contribution in [0.4, 0.5) is 5.82 Å². The van der Waals surface area contributed by atoms with Crippen LogP contribution >= 0.6 is 0 Å². The van der Waals surface area contributed by atoms with Gasteiger partial charge in [-0.3, -0.25) is 0 Å². The number of anilines is 1. The fourth-order valence-corrected chi connectivity index (χ4v) is 2.63. The van der Waals surface area contributed by atoms with E-state index < -0.39 is 0 Å². The van der Waals surface area contributed by atoms with Crippen LogP contribution in [-0.4, -0.2) is 16.7 Å². The van der Waals surface area contributed by atoms with Crippen LogP contribution in [0.15, 0.2) is 30.3 Å². The molecule has 0 bridgehead atoms. The van der Waals surface area contributed by atoms with Crippen LogP contribution in [0, 0.1) is 0 Å². The summed E-state index contributed by atoms with van der Waals surface area (Å²) in [5.74, 6) is 0.903. The number of fused-ring (bicyclic) bond motifs is 3. The highest BCUT2D eigenvalue weighted by molar-refractivity contribution is 5.68. The summed E-state index contributed by atoms with van der Waals surface area (Å²) in [6.45, 7) is 3.10. The van der Waals surface area contributed by atoms with Gasteiger partial charge in [0.2, 0.25) is 0 Å². The molecule has 0 unspecified atom stereocenters. The fourth-order valence-electron chi connectivity index (χ4n) is 2.63. The molecule has 1 aliphatic rings. The molecule has 1 aromatic carbocycles. The SMILES string of the molecule is CCCNc1cc2c(nn1)-c1ccccc1CCC2. The zero-order chi connectivity index (χ0) is 13.1. The van der Waals surface area contributed by atoms with E-state index in [0.717, 1.165) is 37.3 Å². The molecule has 0 fully saturated rings. The van der Waals surface area contributed by atoms with Crippen molar-refractivity contribution in [2.45, 2.75) is 32.6 Å². The minimum atomic E-state index is 0.903. The van der Waals surface area contributed by atoms with Crippen LogP contribution in [0.25, 0.3) is 11.3 Å². The van der Waals surface area contributed by atoms with Crippen LogP contribution in [0.3, 0.4) is 0 Å². The Bertz CT molecular complexity index is 578. The zero-order valence-electron chi connectivity index (χ0n) is 11.3. The lowest BCUT2D eigenvalue weighted by Gasteiger charge is -2.09. The number of aromatic nitrogens is 2. The summed E-state index contributed by atoms with van der Waals surface area (Å²) in [7, 11) is 0. The van der Waals surface area contributed by atoms with E-state index in [9.17, 15) is 0 Å². The first-order chi connectivity index (χ1) is 9.38. The highest BCUT2D eigenvalue weighted by atomic mass is 15.2. The molecule has 0 amide bonds. The third-order valence-electron chi connectivity index (χ3n) is 3.59. The first-order valence-corrected chi connectivity index (χ1v) is 7.07. The minimum absolute atomic E-state index is 0.903. The van der Waals surface area contributed by atoms with Gasteiger partial charge in [-0.25, -0.2) is 0 Å². The van der Waals surface area contributed by atoms with Crippen molar-refractivity contribution in [2.24, 2.45) is 0 Å². The van der Waals surface area contributed by atoms with Crippen molar-refractivity contribution >= 4 is 5.82 Å².